The number of likely N-dealkylation sites (tertiary alicyclic amines) is 1. The molecule has 2 aliphatic rings. The van der Waals surface area contributed by atoms with Crippen molar-refractivity contribution in [1.82, 2.24) is 15.5 Å². The van der Waals surface area contributed by atoms with E-state index in [1.807, 2.05) is 0 Å². The molecule has 0 amide bonds. The number of piperidine rings is 1. The summed E-state index contributed by atoms with van der Waals surface area (Å²) in [7, 11) is 0. The maximum Gasteiger partial charge on any atom is 0.191 e. The van der Waals surface area contributed by atoms with Crippen molar-refractivity contribution in [3.05, 3.63) is 29.3 Å². The number of nitrogens with zero attached hydrogens (tertiary/aromatic N) is 2. The molecule has 32 heavy (non-hydrogen) atoms. The van der Waals surface area contributed by atoms with Crippen molar-refractivity contribution in [3.8, 4) is 5.75 Å². The Bertz CT molecular complexity index is 690. The first-order valence-electron chi connectivity index (χ1n) is 11.9. The van der Waals surface area contributed by atoms with Gasteiger partial charge in [-0.05, 0) is 57.7 Å². The van der Waals surface area contributed by atoms with Gasteiger partial charge in [-0.3, -0.25) is 0 Å². The molecule has 0 radical (unpaired) electrons. The van der Waals surface area contributed by atoms with E-state index < -0.39 is 0 Å². The Labute approximate surface area is 210 Å². The Balaban J connectivity index is 0.00000363. The minimum absolute atomic E-state index is 0. The van der Waals surface area contributed by atoms with E-state index in [1.165, 1.54) is 5.56 Å². The molecule has 0 bridgehead atoms. The summed E-state index contributed by atoms with van der Waals surface area (Å²) in [6, 6.07) is 6.34. The normalized spacial score (nSPS) is 20.1. The van der Waals surface area contributed by atoms with Crippen LogP contribution in [0.1, 0.15) is 43.7 Å². The summed E-state index contributed by atoms with van der Waals surface area (Å²) in [6.07, 6.45) is 3.82. The number of aliphatic imine (C=N–C) groups is 1. The fourth-order valence-electron chi connectivity index (χ4n) is 4.01. The van der Waals surface area contributed by atoms with Gasteiger partial charge in [0.05, 0.1) is 25.9 Å². The second-order valence-corrected chi connectivity index (χ2v) is 8.70. The summed E-state index contributed by atoms with van der Waals surface area (Å²) < 4.78 is 11.6. The number of guanidine groups is 1. The van der Waals surface area contributed by atoms with Crippen LogP contribution in [0.25, 0.3) is 0 Å². The zero-order valence-corrected chi connectivity index (χ0v) is 22.0. The van der Waals surface area contributed by atoms with Gasteiger partial charge in [0.2, 0.25) is 0 Å². The van der Waals surface area contributed by atoms with E-state index in [0.29, 0.717) is 19.1 Å². The lowest BCUT2D eigenvalue weighted by Crippen LogP contribution is -2.40. The van der Waals surface area contributed by atoms with E-state index in [1.54, 1.807) is 0 Å². The zero-order valence-electron chi connectivity index (χ0n) is 19.6. The third-order valence-corrected chi connectivity index (χ3v) is 5.97. The van der Waals surface area contributed by atoms with Crippen molar-refractivity contribution in [2.75, 3.05) is 52.5 Å². The van der Waals surface area contributed by atoms with Gasteiger partial charge in [-0.15, -0.1) is 24.0 Å². The number of aryl methyl sites for hydroxylation is 1. The second kappa shape index (κ2) is 14.9. The molecule has 1 atom stereocenters. The van der Waals surface area contributed by atoms with Crippen molar-refractivity contribution in [3.63, 3.8) is 0 Å². The molecule has 2 fully saturated rings. The van der Waals surface area contributed by atoms with Crippen molar-refractivity contribution in [1.29, 1.82) is 0 Å². The van der Waals surface area contributed by atoms with Crippen molar-refractivity contribution < 1.29 is 14.6 Å². The number of aliphatic hydroxyl groups excluding tert-OH is 1. The topological polar surface area (TPSA) is 78.4 Å². The quantitative estimate of drug-likeness (QED) is 0.177. The molecule has 2 saturated heterocycles. The Morgan fingerprint density at radius 3 is 2.78 bits per heavy atom. The van der Waals surface area contributed by atoms with Gasteiger partial charge < -0.3 is 30.1 Å². The minimum atomic E-state index is -0.107. The highest BCUT2D eigenvalue weighted by atomic mass is 127. The Morgan fingerprint density at radius 2 is 2.06 bits per heavy atom. The summed E-state index contributed by atoms with van der Waals surface area (Å²) in [5, 5.41) is 16.4. The average molecular weight is 561 g/mol. The van der Waals surface area contributed by atoms with Crippen LogP contribution in [0.4, 0.5) is 0 Å². The number of hydrogen-bond acceptors (Lipinski definition) is 5. The summed E-state index contributed by atoms with van der Waals surface area (Å²) in [4.78, 5) is 7.23. The van der Waals surface area contributed by atoms with E-state index >= 15 is 0 Å². The number of nitrogens with one attached hydrogen (secondary N) is 2. The fourth-order valence-corrected chi connectivity index (χ4v) is 4.01. The number of hydrogen-bond donors (Lipinski definition) is 3. The summed E-state index contributed by atoms with van der Waals surface area (Å²) >= 11 is 0. The monoisotopic (exact) mass is 560 g/mol. The molecule has 0 aromatic heterocycles. The van der Waals surface area contributed by atoms with Gasteiger partial charge in [-0.1, -0.05) is 12.1 Å². The van der Waals surface area contributed by atoms with Crippen LogP contribution in [0.3, 0.4) is 0 Å². The zero-order chi connectivity index (χ0) is 21.9. The van der Waals surface area contributed by atoms with Crippen LogP contribution in [0, 0.1) is 12.8 Å². The number of halogens is 1. The second-order valence-electron chi connectivity index (χ2n) is 8.70. The summed E-state index contributed by atoms with van der Waals surface area (Å²) in [5.41, 5.74) is 2.30. The van der Waals surface area contributed by atoms with Gasteiger partial charge >= 0.3 is 0 Å². The van der Waals surface area contributed by atoms with E-state index in [4.69, 9.17) is 14.5 Å². The molecule has 0 saturated carbocycles. The maximum atomic E-state index is 9.63. The fraction of sp³-hybridized carbons (Fsp3) is 0.708. The third-order valence-electron chi connectivity index (χ3n) is 5.97. The highest BCUT2D eigenvalue weighted by molar-refractivity contribution is 14.0. The molecule has 1 aromatic rings. The van der Waals surface area contributed by atoms with Gasteiger partial charge in [0.1, 0.15) is 5.75 Å². The molecule has 2 heterocycles. The minimum Gasteiger partial charge on any atom is -0.493 e. The van der Waals surface area contributed by atoms with E-state index in [2.05, 4.69) is 47.6 Å². The van der Waals surface area contributed by atoms with Crippen LogP contribution >= 0.6 is 24.0 Å². The molecule has 3 N–H and O–H groups in total. The molecule has 7 nitrogen and oxygen atoms in total. The largest absolute Gasteiger partial charge is 0.493 e. The van der Waals surface area contributed by atoms with E-state index in [-0.39, 0.29) is 30.1 Å². The Kier molecular flexibility index (Phi) is 12.7. The highest BCUT2D eigenvalue weighted by Gasteiger charge is 2.17. The summed E-state index contributed by atoms with van der Waals surface area (Å²) in [6.45, 7) is 11.9. The van der Waals surface area contributed by atoms with Crippen LogP contribution < -0.4 is 15.4 Å². The predicted molar refractivity (Wildman–Crippen MR) is 140 cm³/mol. The van der Waals surface area contributed by atoms with Crippen LogP contribution in [0.5, 0.6) is 5.75 Å². The first kappa shape index (κ1) is 27.1. The van der Waals surface area contributed by atoms with Crippen LogP contribution in [0.2, 0.25) is 0 Å². The Hall–Kier alpha value is -1.10. The molecule has 2 aliphatic heterocycles. The van der Waals surface area contributed by atoms with Crippen LogP contribution in [-0.2, 0) is 11.3 Å². The smallest absolute Gasteiger partial charge is 0.191 e. The Morgan fingerprint density at radius 1 is 1.25 bits per heavy atom. The van der Waals surface area contributed by atoms with Gasteiger partial charge in [0.25, 0.3) is 0 Å². The molecular weight excluding hydrogens is 519 g/mol. The third kappa shape index (κ3) is 9.41. The molecule has 0 aliphatic carbocycles. The van der Waals surface area contributed by atoms with E-state index in [9.17, 15) is 5.11 Å². The lowest BCUT2D eigenvalue weighted by molar-refractivity contribution is 0.0823. The molecule has 1 unspecified atom stereocenters. The van der Waals surface area contributed by atoms with Crippen molar-refractivity contribution in [2.24, 2.45) is 10.9 Å². The van der Waals surface area contributed by atoms with Crippen LogP contribution in [-0.4, -0.2) is 74.6 Å². The number of ether oxygens (including phenoxy) is 2. The van der Waals surface area contributed by atoms with Gasteiger partial charge in [0, 0.05) is 44.3 Å². The first-order valence-corrected chi connectivity index (χ1v) is 11.9. The maximum absolute atomic E-state index is 9.63. The standard InChI is InChI=1S/C24H40N4O3.HI/c1-3-25-24(26-10-4-11-28-12-7-22(29)8-13-28)27-16-21-6-5-19(2)15-23(21)31-18-20-9-14-30-17-20;/h5-6,15,20,22,29H,3-4,7-14,16-18H2,1-2H3,(H2,25,26,27);1H. The molecule has 8 heteroatoms. The number of rotatable bonds is 10. The van der Waals surface area contributed by atoms with Crippen molar-refractivity contribution >= 4 is 29.9 Å². The van der Waals surface area contributed by atoms with Gasteiger partial charge in [0.15, 0.2) is 5.96 Å². The first-order chi connectivity index (χ1) is 15.1. The van der Waals surface area contributed by atoms with E-state index in [0.717, 1.165) is 88.9 Å². The van der Waals surface area contributed by atoms with Gasteiger partial charge in [-0.25, -0.2) is 4.99 Å². The SMILES string of the molecule is CCNC(=NCc1ccc(C)cc1OCC1CCOC1)NCCCN1CCC(O)CC1.I. The molecular formula is C24H41IN4O3. The molecule has 1 aromatic carbocycles. The number of aliphatic hydroxyl groups is 1. The van der Waals surface area contributed by atoms with Gasteiger partial charge in [-0.2, -0.15) is 0 Å². The highest BCUT2D eigenvalue weighted by Crippen LogP contribution is 2.23. The molecule has 0 spiro atoms. The number of benzene rings is 1. The molecule has 182 valence electrons. The average Bonchev–Trinajstić information content (AvgIpc) is 3.29. The lowest BCUT2D eigenvalue weighted by atomic mass is 10.1. The van der Waals surface area contributed by atoms with Crippen molar-refractivity contribution in [2.45, 2.75) is 52.2 Å². The molecule has 3 rings (SSSR count). The predicted octanol–water partition coefficient (Wildman–Crippen LogP) is 2.93. The van der Waals surface area contributed by atoms with Crippen LogP contribution in [0.15, 0.2) is 23.2 Å². The summed E-state index contributed by atoms with van der Waals surface area (Å²) in [5.74, 6) is 2.25. The lowest BCUT2D eigenvalue weighted by Gasteiger charge is -2.29.